The molecule has 3 aliphatic heterocycles. The van der Waals surface area contributed by atoms with Gasteiger partial charge in [0.15, 0.2) is 0 Å². The van der Waals surface area contributed by atoms with Gasteiger partial charge in [0.2, 0.25) is 11.8 Å². The van der Waals surface area contributed by atoms with Gasteiger partial charge in [0.1, 0.15) is 35.1 Å². The number of fused-ring (bicyclic) bond motifs is 3. The third-order valence-electron chi connectivity index (χ3n) is 10.3. The minimum Gasteiger partial charge on any atom is -0.497 e. The van der Waals surface area contributed by atoms with Gasteiger partial charge in [-0.3, -0.25) is 19.3 Å². The summed E-state index contributed by atoms with van der Waals surface area (Å²) < 4.78 is 45.3. The van der Waals surface area contributed by atoms with E-state index in [2.05, 4.69) is 15.4 Å². The van der Waals surface area contributed by atoms with Crippen molar-refractivity contribution in [3.63, 3.8) is 0 Å². The van der Waals surface area contributed by atoms with E-state index in [0.717, 1.165) is 24.0 Å². The number of carbonyl (C=O) groups is 5. The number of ether oxygens (including phenoxy) is 3. The summed E-state index contributed by atoms with van der Waals surface area (Å²) in [6, 6.07) is 10.9. The highest BCUT2D eigenvalue weighted by Gasteiger charge is 2.61. The Hall–Kier alpha value is -5.12. The van der Waals surface area contributed by atoms with E-state index >= 15 is 0 Å². The van der Waals surface area contributed by atoms with Crippen LogP contribution in [0, 0.1) is 5.92 Å². The summed E-state index contributed by atoms with van der Waals surface area (Å²) in [5, 5.41) is 5.50. The number of amides is 5. The molecule has 0 spiro atoms. The van der Waals surface area contributed by atoms with Crippen molar-refractivity contribution in [2.75, 3.05) is 13.7 Å². The molecule has 3 heterocycles. The predicted octanol–water partition coefficient (Wildman–Crippen LogP) is 3.91. The first kappa shape index (κ1) is 39.6. The van der Waals surface area contributed by atoms with E-state index in [-0.39, 0.29) is 30.7 Å². The standard InChI is InChI=1S/C39H49N5O10S/c1-38(2,3)54-36(48)40-31-15-9-7-5-6-8-14-27-21-39(27,35(47)42-55(50,51)30-18-16-28(52-4)17-19-30)41-33(45)32-20-29(24-44(32)34(31)46)53-37(49)43-22-25-12-10-11-13-26(25)23-43/h8,10-14,16-19,27,29,31-32H,5-7,9,15,20-24H2,1-4H3,(H,40,48)(H,41,45)(H,42,47)/t27-,29-,31-,32+,39-/m1/s1. The molecular weight excluding hydrogens is 731 g/mol. The third-order valence-corrected chi connectivity index (χ3v) is 11.6. The van der Waals surface area contributed by atoms with Crippen molar-refractivity contribution in [2.24, 2.45) is 5.92 Å². The summed E-state index contributed by atoms with van der Waals surface area (Å²) in [4.78, 5) is 71.7. The topological polar surface area (TPSA) is 190 Å². The quantitative estimate of drug-likeness (QED) is 0.363. The van der Waals surface area contributed by atoms with E-state index in [4.69, 9.17) is 14.2 Å². The Bertz CT molecular complexity index is 1920. The van der Waals surface area contributed by atoms with Crippen LogP contribution in [0.25, 0.3) is 0 Å². The Balaban J connectivity index is 1.26. The molecule has 1 aliphatic carbocycles. The number of benzene rings is 2. The fourth-order valence-corrected chi connectivity index (χ4v) is 8.36. The van der Waals surface area contributed by atoms with Crippen LogP contribution >= 0.6 is 0 Å². The molecule has 0 radical (unpaired) electrons. The van der Waals surface area contributed by atoms with Crippen LogP contribution in [0.5, 0.6) is 5.75 Å². The van der Waals surface area contributed by atoms with Crippen molar-refractivity contribution in [3.05, 3.63) is 71.8 Å². The normalized spacial score (nSPS) is 25.6. The highest BCUT2D eigenvalue weighted by molar-refractivity contribution is 7.90. The van der Waals surface area contributed by atoms with E-state index < -0.39 is 75.2 Å². The smallest absolute Gasteiger partial charge is 0.410 e. The van der Waals surface area contributed by atoms with Gasteiger partial charge in [-0.05, 0) is 81.8 Å². The number of methoxy groups -OCH3 is 1. The molecule has 296 valence electrons. The van der Waals surface area contributed by atoms with Crippen molar-refractivity contribution in [1.29, 1.82) is 0 Å². The van der Waals surface area contributed by atoms with Crippen LogP contribution in [0.2, 0.25) is 0 Å². The van der Waals surface area contributed by atoms with Crippen LogP contribution in [0.3, 0.4) is 0 Å². The molecule has 1 saturated carbocycles. The SMILES string of the molecule is COc1ccc(S(=O)(=O)NC(=O)[C@@]23C[C@H]2C=CCCCCC[C@@H](NC(=O)OC(C)(C)C)C(=O)N2C[C@H](OC(=O)N4Cc5ccccc5C4)C[C@H]2C(=O)N3)cc1. The van der Waals surface area contributed by atoms with Gasteiger partial charge >= 0.3 is 12.2 Å². The second kappa shape index (κ2) is 15.9. The lowest BCUT2D eigenvalue weighted by Gasteiger charge is -2.30. The van der Waals surface area contributed by atoms with Gasteiger partial charge in [-0.2, -0.15) is 0 Å². The molecule has 3 N–H and O–H groups in total. The monoisotopic (exact) mass is 779 g/mol. The van der Waals surface area contributed by atoms with Crippen LogP contribution in [-0.4, -0.2) is 91.1 Å². The van der Waals surface area contributed by atoms with E-state index in [1.54, 1.807) is 25.7 Å². The fourth-order valence-electron chi connectivity index (χ4n) is 7.32. The van der Waals surface area contributed by atoms with Gasteiger partial charge in [-0.25, -0.2) is 22.7 Å². The molecule has 55 heavy (non-hydrogen) atoms. The summed E-state index contributed by atoms with van der Waals surface area (Å²) in [7, 11) is -2.90. The van der Waals surface area contributed by atoms with Crippen molar-refractivity contribution in [2.45, 2.75) is 113 Å². The maximum absolute atomic E-state index is 14.4. The van der Waals surface area contributed by atoms with Crippen molar-refractivity contribution in [1.82, 2.24) is 25.2 Å². The van der Waals surface area contributed by atoms with Gasteiger partial charge in [-0.15, -0.1) is 0 Å². The Morgan fingerprint density at radius 2 is 1.65 bits per heavy atom. The molecule has 2 fully saturated rings. The number of nitrogens with zero attached hydrogens (tertiary/aromatic N) is 2. The van der Waals surface area contributed by atoms with Gasteiger partial charge in [-0.1, -0.05) is 49.3 Å². The molecule has 0 unspecified atom stereocenters. The molecule has 15 nitrogen and oxygen atoms in total. The molecule has 0 aromatic heterocycles. The van der Waals surface area contributed by atoms with Crippen LogP contribution in [-0.2, 0) is 47.0 Å². The average molecular weight is 780 g/mol. The van der Waals surface area contributed by atoms with Crippen molar-refractivity contribution < 1.29 is 46.6 Å². The Morgan fingerprint density at radius 1 is 0.964 bits per heavy atom. The highest BCUT2D eigenvalue weighted by atomic mass is 32.2. The lowest BCUT2D eigenvalue weighted by Crippen LogP contribution is -2.58. The molecule has 16 heteroatoms. The highest BCUT2D eigenvalue weighted by Crippen LogP contribution is 2.46. The maximum atomic E-state index is 14.4. The van der Waals surface area contributed by atoms with Gasteiger partial charge in [0.25, 0.3) is 15.9 Å². The van der Waals surface area contributed by atoms with E-state index in [0.29, 0.717) is 31.7 Å². The molecule has 5 amide bonds. The summed E-state index contributed by atoms with van der Waals surface area (Å²) in [5.41, 5.74) is -0.475. The number of rotatable bonds is 6. The molecule has 0 bridgehead atoms. The summed E-state index contributed by atoms with van der Waals surface area (Å²) in [5.74, 6) is -2.31. The number of carbonyl (C=O) groups excluding carboxylic acids is 5. The molecule has 5 atom stereocenters. The Kier molecular flexibility index (Phi) is 11.5. The minimum atomic E-state index is -4.35. The second-order valence-electron chi connectivity index (χ2n) is 15.5. The molecular formula is C39H49N5O10S. The summed E-state index contributed by atoms with van der Waals surface area (Å²) >= 11 is 0. The number of hydrogen-bond acceptors (Lipinski definition) is 10. The average Bonchev–Trinajstić information content (AvgIpc) is 3.42. The molecule has 2 aromatic rings. The Labute approximate surface area is 321 Å². The fraction of sp³-hybridized carbons (Fsp3) is 0.513. The molecule has 1 saturated heterocycles. The van der Waals surface area contributed by atoms with E-state index in [1.165, 1.54) is 36.3 Å². The van der Waals surface area contributed by atoms with E-state index in [1.807, 2.05) is 36.4 Å². The molecule has 4 aliphatic rings. The first-order valence-electron chi connectivity index (χ1n) is 18.6. The van der Waals surface area contributed by atoms with Crippen LogP contribution < -0.4 is 20.1 Å². The zero-order valence-corrected chi connectivity index (χ0v) is 32.4. The van der Waals surface area contributed by atoms with Crippen LogP contribution in [0.1, 0.15) is 76.8 Å². The number of hydrogen-bond donors (Lipinski definition) is 3. The van der Waals surface area contributed by atoms with Crippen LogP contribution in [0.4, 0.5) is 9.59 Å². The number of allylic oxidation sites excluding steroid dienone is 1. The zero-order valence-electron chi connectivity index (χ0n) is 31.5. The van der Waals surface area contributed by atoms with Gasteiger partial charge in [0.05, 0.1) is 18.6 Å². The Morgan fingerprint density at radius 3 is 2.31 bits per heavy atom. The molecule has 2 aromatic carbocycles. The van der Waals surface area contributed by atoms with Gasteiger partial charge < -0.3 is 29.7 Å². The first-order chi connectivity index (χ1) is 26.1. The third kappa shape index (κ3) is 9.23. The lowest BCUT2D eigenvalue weighted by molar-refractivity contribution is -0.141. The zero-order chi connectivity index (χ0) is 39.5. The summed E-state index contributed by atoms with van der Waals surface area (Å²) in [6.07, 6.45) is 4.41. The van der Waals surface area contributed by atoms with E-state index in [9.17, 15) is 32.4 Å². The maximum Gasteiger partial charge on any atom is 0.410 e. The van der Waals surface area contributed by atoms with Crippen LogP contribution in [0.15, 0.2) is 65.6 Å². The molecule has 6 rings (SSSR count). The van der Waals surface area contributed by atoms with Crippen molar-refractivity contribution in [3.8, 4) is 5.75 Å². The van der Waals surface area contributed by atoms with Gasteiger partial charge in [0, 0.05) is 25.4 Å². The second-order valence-corrected chi connectivity index (χ2v) is 17.2. The first-order valence-corrected chi connectivity index (χ1v) is 20.1. The van der Waals surface area contributed by atoms with Crippen molar-refractivity contribution >= 4 is 39.9 Å². The number of nitrogens with one attached hydrogen (secondary N) is 3. The predicted molar refractivity (Wildman–Crippen MR) is 199 cm³/mol. The lowest BCUT2D eigenvalue weighted by atomic mass is 10.0. The minimum absolute atomic E-state index is 0.0917. The summed E-state index contributed by atoms with van der Waals surface area (Å²) in [6.45, 7) is 5.66. The number of sulfonamides is 1. The largest absolute Gasteiger partial charge is 0.497 e. The number of alkyl carbamates (subject to hydrolysis) is 1.